The van der Waals surface area contributed by atoms with Crippen LogP contribution in [0.5, 0.6) is 0 Å². The number of hydrogen-bond donors (Lipinski definition) is 3. The van der Waals surface area contributed by atoms with Gasteiger partial charge in [-0.15, -0.1) is 11.3 Å². The summed E-state index contributed by atoms with van der Waals surface area (Å²) in [6.07, 6.45) is 1.77. The van der Waals surface area contributed by atoms with Crippen LogP contribution in [0.2, 0.25) is 0 Å². The Hall–Kier alpha value is -1.95. The van der Waals surface area contributed by atoms with Crippen molar-refractivity contribution < 1.29 is 5.11 Å². The summed E-state index contributed by atoms with van der Waals surface area (Å²) >= 11 is 1.76. The summed E-state index contributed by atoms with van der Waals surface area (Å²) < 4.78 is 0. The van der Waals surface area contributed by atoms with Crippen molar-refractivity contribution >= 4 is 11.3 Å². The van der Waals surface area contributed by atoms with Crippen LogP contribution in [0, 0.1) is 0 Å². The third-order valence-corrected chi connectivity index (χ3v) is 4.35. The number of aromatic amines is 1. The molecule has 2 aromatic heterocycles. The van der Waals surface area contributed by atoms with Crippen LogP contribution in [0.1, 0.15) is 16.0 Å². The standard InChI is InChI=1S/C16H17N3OS/c20-11-13-3-1-2-12(8-13)9-17-10-14-4-5-16(21-14)15-6-7-18-19-15/h1-8,17,20H,9-11H2,(H,18,19). The van der Waals surface area contributed by atoms with Gasteiger partial charge in [-0.25, -0.2) is 0 Å². The number of aromatic nitrogens is 2. The van der Waals surface area contributed by atoms with E-state index in [0.717, 1.165) is 24.3 Å². The lowest BCUT2D eigenvalue weighted by Gasteiger charge is -2.05. The van der Waals surface area contributed by atoms with Gasteiger partial charge in [-0.1, -0.05) is 24.3 Å². The Morgan fingerprint density at radius 3 is 2.81 bits per heavy atom. The highest BCUT2D eigenvalue weighted by molar-refractivity contribution is 7.15. The van der Waals surface area contributed by atoms with Crippen molar-refractivity contribution in [2.45, 2.75) is 19.7 Å². The molecule has 0 unspecified atom stereocenters. The van der Waals surface area contributed by atoms with Crippen molar-refractivity contribution in [2.75, 3.05) is 0 Å². The van der Waals surface area contributed by atoms with Gasteiger partial charge in [-0.2, -0.15) is 5.10 Å². The SMILES string of the molecule is OCc1cccc(CNCc2ccc(-c3ccn[nH]3)s2)c1. The Kier molecular flexibility index (Phi) is 4.45. The molecule has 0 saturated carbocycles. The molecular weight excluding hydrogens is 282 g/mol. The monoisotopic (exact) mass is 299 g/mol. The quantitative estimate of drug-likeness (QED) is 0.656. The van der Waals surface area contributed by atoms with Gasteiger partial charge >= 0.3 is 0 Å². The third kappa shape index (κ3) is 3.58. The molecule has 0 saturated heterocycles. The van der Waals surface area contributed by atoms with Crippen LogP contribution in [0.4, 0.5) is 0 Å². The van der Waals surface area contributed by atoms with E-state index in [-0.39, 0.29) is 6.61 Å². The zero-order chi connectivity index (χ0) is 14.5. The summed E-state index contributed by atoms with van der Waals surface area (Å²) in [4.78, 5) is 2.49. The Morgan fingerprint density at radius 2 is 2.00 bits per heavy atom. The molecule has 5 heteroatoms. The number of aliphatic hydroxyl groups is 1. The molecule has 3 aromatic rings. The van der Waals surface area contributed by atoms with E-state index < -0.39 is 0 Å². The summed E-state index contributed by atoms with van der Waals surface area (Å²) in [5.74, 6) is 0. The minimum absolute atomic E-state index is 0.0896. The number of benzene rings is 1. The molecule has 2 heterocycles. The molecule has 0 aliphatic heterocycles. The molecule has 0 bridgehead atoms. The number of thiophene rings is 1. The first-order chi connectivity index (χ1) is 10.3. The number of hydrogen-bond acceptors (Lipinski definition) is 4. The van der Waals surface area contributed by atoms with Gasteiger partial charge in [0.15, 0.2) is 0 Å². The van der Waals surface area contributed by atoms with Gasteiger partial charge in [0.1, 0.15) is 0 Å². The normalized spacial score (nSPS) is 10.9. The second-order valence-corrected chi connectivity index (χ2v) is 5.99. The predicted octanol–water partition coefficient (Wildman–Crippen LogP) is 2.92. The number of nitrogens with one attached hydrogen (secondary N) is 2. The molecular formula is C16H17N3OS. The second kappa shape index (κ2) is 6.67. The lowest BCUT2D eigenvalue weighted by molar-refractivity contribution is 0.281. The van der Waals surface area contributed by atoms with Crippen LogP contribution in [-0.2, 0) is 19.7 Å². The highest BCUT2D eigenvalue weighted by atomic mass is 32.1. The summed E-state index contributed by atoms with van der Waals surface area (Å²) in [5, 5.41) is 19.5. The number of aliphatic hydroxyl groups excluding tert-OH is 1. The maximum absolute atomic E-state index is 9.13. The minimum atomic E-state index is 0.0896. The molecule has 108 valence electrons. The zero-order valence-electron chi connectivity index (χ0n) is 11.5. The Bertz CT molecular complexity index is 691. The van der Waals surface area contributed by atoms with Crippen molar-refractivity contribution in [1.29, 1.82) is 0 Å². The Balaban J connectivity index is 1.56. The van der Waals surface area contributed by atoms with Crippen molar-refractivity contribution in [3.63, 3.8) is 0 Å². The van der Waals surface area contributed by atoms with E-state index in [2.05, 4.69) is 33.7 Å². The van der Waals surface area contributed by atoms with Crippen molar-refractivity contribution in [1.82, 2.24) is 15.5 Å². The van der Waals surface area contributed by atoms with Crippen LogP contribution in [0.15, 0.2) is 48.7 Å². The number of nitrogens with zero attached hydrogens (tertiary/aromatic N) is 1. The fraction of sp³-hybridized carbons (Fsp3) is 0.188. The zero-order valence-corrected chi connectivity index (χ0v) is 12.4. The average Bonchev–Trinajstić information content (AvgIpc) is 3.18. The van der Waals surface area contributed by atoms with Crippen LogP contribution in [0.25, 0.3) is 10.6 Å². The van der Waals surface area contributed by atoms with Crippen molar-refractivity contribution in [3.8, 4) is 10.6 Å². The molecule has 0 atom stereocenters. The van der Waals surface area contributed by atoms with Gasteiger partial charge < -0.3 is 10.4 Å². The Labute approximate surface area is 127 Å². The number of H-pyrrole nitrogens is 1. The second-order valence-electron chi connectivity index (χ2n) is 4.82. The molecule has 21 heavy (non-hydrogen) atoms. The van der Waals surface area contributed by atoms with Gasteiger partial charge in [0.25, 0.3) is 0 Å². The van der Waals surface area contributed by atoms with E-state index in [1.165, 1.54) is 15.3 Å². The highest BCUT2D eigenvalue weighted by Crippen LogP contribution is 2.26. The van der Waals surface area contributed by atoms with Gasteiger partial charge in [0, 0.05) is 24.2 Å². The van der Waals surface area contributed by atoms with Crippen molar-refractivity contribution in [3.05, 3.63) is 64.7 Å². The van der Waals surface area contributed by atoms with Crippen LogP contribution in [-0.4, -0.2) is 15.3 Å². The first kappa shape index (κ1) is 14.0. The predicted molar refractivity (Wildman–Crippen MR) is 84.8 cm³/mol. The van der Waals surface area contributed by atoms with Crippen LogP contribution < -0.4 is 5.32 Å². The molecule has 0 spiro atoms. The summed E-state index contributed by atoms with van der Waals surface area (Å²) in [6, 6.07) is 14.2. The van der Waals surface area contributed by atoms with E-state index in [0.29, 0.717) is 0 Å². The van der Waals surface area contributed by atoms with E-state index in [1.54, 1.807) is 17.5 Å². The molecule has 3 rings (SSSR count). The molecule has 4 nitrogen and oxygen atoms in total. The summed E-state index contributed by atoms with van der Waals surface area (Å²) in [5.41, 5.74) is 3.20. The van der Waals surface area contributed by atoms with Crippen molar-refractivity contribution in [2.24, 2.45) is 0 Å². The first-order valence-corrected chi connectivity index (χ1v) is 7.64. The third-order valence-electron chi connectivity index (χ3n) is 3.23. The highest BCUT2D eigenvalue weighted by Gasteiger charge is 2.03. The fourth-order valence-corrected chi connectivity index (χ4v) is 3.13. The van der Waals surface area contributed by atoms with E-state index in [1.807, 2.05) is 24.3 Å². The topological polar surface area (TPSA) is 60.9 Å². The number of rotatable bonds is 6. The van der Waals surface area contributed by atoms with Crippen LogP contribution in [0.3, 0.4) is 0 Å². The van der Waals surface area contributed by atoms with E-state index in [4.69, 9.17) is 5.11 Å². The van der Waals surface area contributed by atoms with Gasteiger partial charge in [0.05, 0.1) is 17.2 Å². The van der Waals surface area contributed by atoms with E-state index >= 15 is 0 Å². The maximum atomic E-state index is 9.13. The van der Waals surface area contributed by atoms with Gasteiger partial charge in [-0.3, -0.25) is 5.10 Å². The molecule has 1 aromatic carbocycles. The molecule has 0 fully saturated rings. The smallest absolute Gasteiger partial charge is 0.0749 e. The summed E-state index contributed by atoms with van der Waals surface area (Å²) in [6.45, 7) is 1.72. The molecule has 0 aliphatic carbocycles. The lowest BCUT2D eigenvalue weighted by atomic mass is 10.1. The summed E-state index contributed by atoms with van der Waals surface area (Å²) in [7, 11) is 0. The average molecular weight is 299 g/mol. The van der Waals surface area contributed by atoms with Gasteiger partial charge in [-0.05, 0) is 29.3 Å². The molecule has 0 radical (unpaired) electrons. The maximum Gasteiger partial charge on any atom is 0.0749 e. The molecule has 0 amide bonds. The molecule has 0 aliphatic rings. The Morgan fingerprint density at radius 1 is 1.10 bits per heavy atom. The minimum Gasteiger partial charge on any atom is -0.392 e. The van der Waals surface area contributed by atoms with Crippen LogP contribution >= 0.6 is 11.3 Å². The lowest BCUT2D eigenvalue weighted by Crippen LogP contribution is -2.11. The fourth-order valence-electron chi connectivity index (χ4n) is 2.18. The largest absolute Gasteiger partial charge is 0.392 e. The van der Waals surface area contributed by atoms with E-state index in [9.17, 15) is 0 Å². The molecule has 3 N–H and O–H groups in total. The van der Waals surface area contributed by atoms with Gasteiger partial charge in [0.2, 0.25) is 0 Å². The first-order valence-electron chi connectivity index (χ1n) is 6.83.